The van der Waals surface area contributed by atoms with E-state index in [2.05, 4.69) is 23.8 Å². The van der Waals surface area contributed by atoms with E-state index >= 15 is 0 Å². The van der Waals surface area contributed by atoms with E-state index in [-0.39, 0.29) is 11.8 Å². The molecule has 1 N–H and O–H groups in total. The maximum atomic E-state index is 12.6. The zero-order chi connectivity index (χ0) is 18.7. The molecule has 0 spiro atoms. The number of benzene rings is 1. The summed E-state index contributed by atoms with van der Waals surface area (Å²) in [6.07, 6.45) is 1.85. The number of nitrogens with one attached hydrogen (secondary N) is 1. The Bertz CT molecular complexity index is 788. The smallest absolute Gasteiger partial charge is 0.227 e. The fourth-order valence-electron chi connectivity index (χ4n) is 3.32. The van der Waals surface area contributed by atoms with Gasteiger partial charge >= 0.3 is 0 Å². The summed E-state index contributed by atoms with van der Waals surface area (Å²) in [6, 6.07) is 5.97. The number of imidazole rings is 1. The van der Waals surface area contributed by atoms with Crippen molar-refractivity contribution in [2.75, 3.05) is 26.2 Å². The number of aromatic nitrogens is 2. The van der Waals surface area contributed by atoms with Crippen molar-refractivity contribution in [3.63, 3.8) is 0 Å². The Balaban J connectivity index is 1.60. The summed E-state index contributed by atoms with van der Waals surface area (Å²) >= 11 is 0. The van der Waals surface area contributed by atoms with Gasteiger partial charge in [0.15, 0.2) is 0 Å². The van der Waals surface area contributed by atoms with Crippen LogP contribution >= 0.6 is 0 Å². The summed E-state index contributed by atoms with van der Waals surface area (Å²) in [5.41, 5.74) is 2.91. The molecule has 6 heteroatoms. The zero-order valence-electron chi connectivity index (χ0n) is 15.9. The van der Waals surface area contributed by atoms with Crippen LogP contribution in [0.3, 0.4) is 0 Å². The number of nitrogens with zero attached hydrogens (tertiary/aromatic N) is 3. The molecular weight excluding hydrogens is 328 g/mol. The Morgan fingerprint density at radius 3 is 2.38 bits per heavy atom. The van der Waals surface area contributed by atoms with E-state index in [9.17, 15) is 9.59 Å². The topological polar surface area (TPSA) is 69.3 Å². The van der Waals surface area contributed by atoms with Gasteiger partial charge in [-0.05, 0) is 24.1 Å². The number of H-pyrrole nitrogens is 1. The van der Waals surface area contributed by atoms with E-state index in [1.165, 1.54) is 0 Å². The van der Waals surface area contributed by atoms with E-state index in [4.69, 9.17) is 0 Å². The molecule has 26 heavy (non-hydrogen) atoms. The minimum Gasteiger partial charge on any atom is -0.342 e. The van der Waals surface area contributed by atoms with Crippen molar-refractivity contribution in [2.24, 2.45) is 0 Å². The van der Waals surface area contributed by atoms with Crippen LogP contribution in [0.1, 0.15) is 50.9 Å². The molecule has 0 unspecified atom stereocenters. The number of aromatic amines is 1. The first kappa shape index (κ1) is 18.4. The highest BCUT2D eigenvalue weighted by molar-refractivity contribution is 5.82. The summed E-state index contributed by atoms with van der Waals surface area (Å²) in [5.74, 6) is 1.64. The molecule has 1 saturated heterocycles. The van der Waals surface area contributed by atoms with Crippen LogP contribution in [0.5, 0.6) is 0 Å². The third kappa shape index (κ3) is 4.06. The molecule has 1 aromatic carbocycles. The van der Waals surface area contributed by atoms with Gasteiger partial charge in [-0.15, -0.1) is 0 Å². The number of amides is 2. The molecule has 1 aromatic heterocycles. The van der Waals surface area contributed by atoms with Gasteiger partial charge in [0.05, 0.1) is 17.5 Å². The maximum Gasteiger partial charge on any atom is 0.227 e. The average Bonchev–Trinajstić information content (AvgIpc) is 3.06. The molecule has 0 radical (unpaired) electrons. The van der Waals surface area contributed by atoms with Gasteiger partial charge in [0.2, 0.25) is 11.8 Å². The van der Waals surface area contributed by atoms with Crippen LogP contribution in [-0.4, -0.2) is 57.8 Å². The summed E-state index contributed by atoms with van der Waals surface area (Å²) in [7, 11) is 0. The predicted octanol–water partition coefficient (Wildman–Crippen LogP) is 2.70. The molecule has 3 rings (SSSR count). The summed E-state index contributed by atoms with van der Waals surface area (Å²) in [6.45, 7) is 8.75. The van der Waals surface area contributed by atoms with Gasteiger partial charge in [-0.25, -0.2) is 4.98 Å². The number of piperazine rings is 1. The molecule has 2 amide bonds. The second-order valence-electron chi connectivity index (χ2n) is 7.32. The lowest BCUT2D eigenvalue weighted by Gasteiger charge is -2.35. The second kappa shape index (κ2) is 7.89. The molecule has 0 bridgehead atoms. The van der Waals surface area contributed by atoms with Crippen molar-refractivity contribution in [2.45, 2.75) is 46.0 Å². The first-order valence-electron chi connectivity index (χ1n) is 9.52. The van der Waals surface area contributed by atoms with Crippen LogP contribution < -0.4 is 0 Å². The van der Waals surface area contributed by atoms with Crippen LogP contribution in [0, 0.1) is 0 Å². The lowest BCUT2D eigenvalue weighted by Crippen LogP contribution is -2.50. The van der Waals surface area contributed by atoms with Gasteiger partial charge < -0.3 is 14.8 Å². The monoisotopic (exact) mass is 356 g/mol. The van der Waals surface area contributed by atoms with Crippen molar-refractivity contribution < 1.29 is 9.59 Å². The van der Waals surface area contributed by atoms with Crippen LogP contribution in [0.4, 0.5) is 0 Å². The van der Waals surface area contributed by atoms with Gasteiger partial charge in [0.25, 0.3) is 0 Å². The van der Waals surface area contributed by atoms with E-state index in [0.29, 0.717) is 44.9 Å². The van der Waals surface area contributed by atoms with Gasteiger partial charge in [-0.1, -0.05) is 26.8 Å². The zero-order valence-corrected chi connectivity index (χ0v) is 15.9. The van der Waals surface area contributed by atoms with E-state index < -0.39 is 0 Å². The second-order valence-corrected chi connectivity index (χ2v) is 7.32. The number of hydrogen-bond acceptors (Lipinski definition) is 3. The summed E-state index contributed by atoms with van der Waals surface area (Å²) < 4.78 is 0. The highest BCUT2D eigenvalue weighted by atomic mass is 16.2. The van der Waals surface area contributed by atoms with Crippen LogP contribution in [-0.2, 0) is 16.0 Å². The number of rotatable bonds is 5. The van der Waals surface area contributed by atoms with Crippen LogP contribution in [0.15, 0.2) is 18.2 Å². The highest BCUT2D eigenvalue weighted by Crippen LogP contribution is 2.19. The van der Waals surface area contributed by atoms with Crippen LogP contribution in [0.25, 0.3) is 11.0 Å². The largest absolute Gasteiger partial charge is 0.342 e. The molecule has 1 fully saturated rings. The molecule has 0 atom stereocenters. The van der Waals surface area contributed by atoms with Gasteiger partial charge in [0.1, 0.15) is 5.82 Å². The lowest BCUT2D eigenvalue weighted by atomic mass is 10.1. The number of carbonyl (C=O) groups excluding carboxylic acids is 2. The normalized spacial score (nSPS) is 15.1. The third-order valence-electron chi connectivity index (χ3n) is 4.92. The minimum atomic E-state index is 0.121. The predicted molar refractivity (Wildman–Crippen MR) is 102 cm³/mol. The Morgan fingerprint density at radius 1 is 1.12 bits per heavy atom. The first-order chi connectivity index (χ1) is 12.5. The SMILES string of the molecule is CCCC(=O)N1CCN(C(=O)Cc2ccc3nc(C(C)C)[nH]c3c2)CC1. The molecule has 140 valence electrons. The standard InChI is InChI=1S/C20H28N4O2/c1-4-5-18(25)23-8-10-24(11-9-23)19(26)13-15-6-7-16-17(12-15)22-20(21-16)14(2)3/h6-7,12,14H,4-5,8-11,13H2,1-3H3,(H,21,22). The highest BCUT2D eigenvalue weighted by Gasteiger charge is 2.23. The van der Waals surface area contributed by atoms with Crippen LogP contribution in [0.2, 0.25) is 0 Å². The first-order valence-corrected chi connectivity index (χ1v) is 9.52. The van der Waals surface area contributed by atoms with Crippen molar-refractivity contribution >= 4 is 22.8 Å². The maximum absolute atomic E-state index is 12.6. The van der Waals surface area contributed by atoms with Crippen molar-refractivity contribution in [1.82, 2.24) is 19.8 Å². The van der Waals surface area contributed by atoms with Gasteiger partial charge in [-0.2, -0.15) is 0 Å². The van der Waals surface area contributed by atoms with Crippen molar-refractivity contribution in [3.05, 3.63) is 29.6 Å². The van der Waals surface area contributed by atoms with E-state index in [1.807, 2.05) is 34.9 Å². The molecule has 2 aromatic rings. The Labute approximate surface area is 154 Å². The molecular formula is C20H28N4O2. The van der Waals surface area contributed by atoms with E-state index in [1.54, 1.807) is 0 Å². The van der Waals surface area contributed by atoms with Gasteiger partial charge in [-0.3, -0.25) is 9.59 Å². The number of fused-ring (bicyclic) bond motifs is 1. The molecule has 0 aliphatic carbocycles. The average molecular weight is 356 g/mol. The molecule has 1 aliphatic rings. The Hall–Kier alpha value is -2.37. The quantitative estimate of drug-likeness (QED) is 0.895. The minimum absolute atomic E-state index is 0.121. The lowest BCUT2D eigenvalue weighted by molar-refractivity contribution is -0.139. The molecule has 2 heterocycles. The number of carbonyl (C=O) groups is 2. The molecule has 6 nitrogen and oxygen atoms in total. The summed E-state index contributed by atoms with van der Waals surface area (Å²) in [5, 5.41) is 0. The fraction of sp³-hybridized carbons (Fsp3) is 0.550. The molecule has 0 saturated carbocycles. The van der Waals surface area contributed by atoms with E-state index in [0.717, 1.165) is 28.8 Å². The van der Waals surface area contributed by atoms with Crippen molar-refractivity contribution in [1.29, 1.82) is 0 Å². The molecule has 1 aliphatic heterocycles. The van der Waals surface area contributed by atoms with Gasteiger partial charge in [0, 0.05) is 38.5 Å². The number of hydrogen-bond donors (Lipinski definition) is 1. The summed E-state index contributed by atoms with van der Waals surface area (Å²) in [4.78, 5) is 36.2. The third-order valence-corrected chi connectivity index (χ3v) is 4.92. The Morgan fingerprint density at radius 2 is 1.77 bits per heavy atom. The van der Waals surface area contributed by atoms with Crippen molar-refractivity contribution in [3.8, 4) is 0 Å². The fourth-order valence-corrected chi connectivity index (χ4v) is 3.32. The Kier molecular flexibility index (Phi) is 5.59.